The van der Waals surface area contributed by atoms with Crippen molar-refractivity contribution in [3.63, 3.8) is 0 Å². The smallest absolute Gasteiger partial charge is 0.345 e. The summed E-state index contributed by atoms with van der Waals surface area (Å²) in [6.45, 7) is 1.72. The van der Waals surface area contributed by atoms with Gasteiger partial charge in [0, 0.05) is 11.9 Å². The van der Waals surface area contributed by atoms with Gasteiger partial charge in [0.25, 0.3) is 5.56 Å². The highest BCUT2D eigenvalue weighted by atomic mass is 16.5. The summed E-state index contributed by atoms with van der Waals surface area (Å²) in [5, 5.41) is 11.3. The molecule has 0 unspecified atom stereocenters. The first-order valence-corrected chi connectivity index (χ1v) is 9.43. The number of fused-ring (bicyclic) bond motifs is 2. The topological polar surface area (TPSA) is 148 Å². The number of imidazole rings is 1. The lowest BCUT2D eigenvalue weighted by Gasteiger charge is -2.19. The predicted molar refractivity (Wildman–Crippen MR) is 117 cm³/mol. The van der Waals surface area contributed by atoms with E-state index in [4.69, 9.17) is 20.6 Å². The van der Waals surface area contributed by atoms with Gasteiger partial charge in [-0.3, -0.25) is 14.6 Å². The van der Waals surface area contributed by atoms with Crippen molar-refractivity contribution in [3.05, 3.63) is 64.3 Å². The molecular weight excluding hydrogens is 400 g/mol. The number of benzene rings is 1. The molecule has 0 spiro atoms. The van der Waals surface area contributed by atoms with Gasteiger partial charge in [0.15, 0.2) is 0 Å². The number of nitrogens with one attached hydrogen (secondary N) is 3. The van der Waals surface area contributed by atoms with E-state index in [-0.39, 0.29) is 34.8 Å². The van der Waals surface area contributed by atoms with Crippen molar-refractivity contribution >= 4 is 39.7 Å². The maximum Gasteiger partial charge on any atom is 0.345 e. The van der Waals surface area contributed by atoms with Crippen molar-refractivity contribution in [2.24, 2.45) is 5.73 Å². The number of hydrogen-bond donors (Lipinski definition) is 4. The molecule has 0 aliphatic rings. The van der Waals surface area contributed by atoms with Gasteiger partial charge in [-0.05, 0) is 37.3 Å². The van der Waals surface area contributed by atoms with E-state index in [2.05, 4.69) is 15.3 Å². The van der Waals surface area contributed by atoms with Crippen molar-refractivity contribution in [2.75, 3.05) is 19.0 Å². The number of amidine groups is 1. The van der Waals surface area contributed by atoms with E-state index in [9.17, 15) is 9.59 Å². The monoisotopic (exact) mass is 420 g/mol. The Bertz CT molecular complexity index is 1390. The maximum atomic E-state index is 13.3. The van der Waals surface area contributed by atoms with Gasteiger partial charge < -0.3 is 25.5 Å². The summed E-state index contributed by atoms with van der Waals surface area (Å²) in [5.41, 5.74) is 7.56. The Kier molecular flexibility index (Phi) is 5.04. The molecule has 0 fully saturated rings. The number of H-pyrrole nitrogens is 1. The number of esters is 1. The molecule has 31 heavy (non-hydrogen) atoms. The zero-order valence-electron chi connectivity index (χ0n) is 16.9. The number of nitrogen functional groups attached to an aromatic ring is 1. The molecule has 158 valence electrons. The van der Waals surface area contributed by atoms with Crippen LogP contribution in [0.3, 0.4) is 0 Å². The maximum absolute atomic E-state index is 13.3. The van der Waals surface area contributed by atoms with Crippen LogP contribution in [0.25, 0.3) is 16.6 Å². The molecule has 0 amide bonds. The van der Waals surface area contributed by atoms with Crippen LogP contribution in [0.2, 0.25) is 0 Å². The van der Waals surface area contributed by atoms with Crippen molar-refractivity contribution < 1.29 is 14.3 Å². The van der Waals surface area contributed by atoms with Crippen LogP contribution < -0.4 is 21.3 Å². The number of methoxy groups -OCH3 is 1. The molecule has 0 radical (unpaired) electrons. The third kappa shape index (κ3) is 3.33. The minimum atomic E-state index is -0.824. The molecule has 1 aromatic carbocycles. The van der Waals surface area contributed by atoms with Crippen LogP contribution in [0.4, 0.5) is 11.4 Å². The minimum Gasteiger partial charge on any atom is -0.495 e. The van der Waals surface area contributed by atoms with E-state index in [1.165, 1.54) is 17.7 Å². The zero-order chi connectivity index (χ0) is 22.1. The van der Waals surface area contributed by atoms with Gasteiger partial charge in [-0.2, -0.15) is 0 Å². The Morgan fingerprint density at radius 3 is 2.84 bits per heavy atom. The summed E-state index contributed by atoms with van der Waals surface area (Å²) in [6.07, 6.45) is 3.04. The largest absolute Gasteiger partial charge is 0.495 e. The zero-order valence-corrected chi connectivity index (χ0v) is 16.9. The average Bonchev–Trinajstić information content (AvgIpc) is 3.21. The molecule has 10 nitrogen and oxygen atoms in total. The van der Waals surface area contributed by atoms with Gasteiger partial charge in [0.1, 0.15) is 22.7 Å². The lowest BCUT2D eigenvalue weighted by atomic mass is 10.0. The summed E-state index contributed by atoms with van der Waals surface area (Å²) in [4.78, 5) is 33.3. The first-order chi connectivity index (χ1) is 15.0. The number of aromatic amines is 1. The predicted octanol–water partition coefficient (Wildman–Crippen LogP) is 2.39. The summed E-state index contributed by atoms with van der Waals surface area (Å²) in [7, 11) is 1.45. The SMILES string of the molecule is CCOC(=O)c1c(Nc2ccc3[nH]cnc3c2)c(C(=N)N)c2c(OC)cccn2c1=O. The summed E-state index contributed by atoms with van der Waals surface area (Å²) in [6, 6.07) is 8.55. The van der Waals surface area contributed by atoms with Crippen LogP contribution in [0.15, 0.2) is 47.7 Å². The van der Waals surface area contributed by atoms with Gasteiger partial charge >= 0.3 is 5.97 Å². The summed E-state index contributed by atoms with van der Waals surface area (Å²) in [5.74, 6) is -0.850. The highest BCUT2D eigenvalue weighted by Crippen LogP contribution is 2.32. The fourth-order valence-corrected chi connectivity index (χ4v) is 3.47. The average molecular weight is 420 g/mol. The second kappa shape index (κ2) is 7.82. The number of carbonyl (C=O) groups excluding carboxylic acids is 1. The molecule has 0 bridgehead atoms. The summed E-state index contributed by atoms with van der Waals surface area (Å²) >= 11 is 0. The van der Waals surface area contributed by atoms with Crippen LogP contribution in [0.5, 0.6) is 5.75 Å². The molecule has 3 heterocycles. The molecule has 0 saturated carbocycles. The Balaban J connectivity index is 2.07. The number of ether oxygens (including phenoxy) is 2. The van der Waals surface area contributed by atoms with Gasteiger partial charge in [-0.15, -0.1) is 0 Å². The van der Waals surface area contributed by atoms with E-state index in [1.807, 2.05) is 0 Å². The molecule has 3 aromatic heterocycles. The van der Waals surface area contributed by atoms with E-state index in [0.29, 0.717) is 17.0 Å². The molecular formula is C21H20N6O4. The Hall–Kier alpha value is -4.34. The number of aromatic nitrogens is 3. The first kappa shape index (κ1) is 20.0. The van der Waals surface area contributed by atoms with Crippen molar-refractivity contribution in [1.29, 1.82) is 5.41 Å². The van der Waals surface area contributed by atoms with Crippen molar-refractivity contribution in [3.8, 4) is 5.75 Å². The third-order valence-corrected chi connectivity index (χ3v) is 4.79. The molecule has 0 aliphatic carbocycles. The van der Waals surface area contributed by atoms with E-state index in [1.54, 1.807) is 43.6 Å². The molecule has 4 aromatic rings. The molecule has 4 rings (SSSR count). The van der Waals surface area contributed by atoms with Crippen LogP contribution >= 0.6 is 0 Å². The van der Waals surface area contributed by atoms with Crippen LogP contribution in [0.1, 0.15) is 22.8 Å². The van der Waals surface area contributed by atoms with Crippen LogP contribution in [-0.2, 0) is 4.74 Å². The summed E-state index contributed by atoms with van der Waals surface area (Å²) < 4.78 is 11.8. The van der Waals surface area contributed by atoms with E-state index >= 15 is 0 Å². The number of carbonyl (C=O) groups is 1. The highest BCUT2D eigenvalue weighted by molar-refractivity contribution is 6.13. The number of hydrogen-bond acceptors (Lipinski definition) is 7. The lowest BCUT2D eigenvalue weighted by molar-refractivity contribution is 0.0525. The standard InChI is InChI=1S/C21H20N6O4/c1-3-31-21(29)16-17(26-11-6-7-12-13(9-11)25-10-24-12)15(19(22)23)18-14(30-2)5-4-8-27(18)20(16)28/h4-10,26H,3H2,1-2H3,(H3,22,23)(H,24,25). The first-order valence-electron chi connectivity index (χ1n) is 9.43. The van der Waals surface area contributed by atoms with Gasteiger partial charge in [0.2, 0.25) is 0 Å². The quantitative estimate of drug-likeness (QED) is 0.213. The van der Waals surface area contributed by atoms with Crippen LogP contribution in [-0.4, -0.2) is 39.9 Å². The molecule has 10 heteroatoms. The Labute approximate surface area is 176 Å². The van der Waals surface area contributed by atoms with Crippen LogP contribution in [0, 0.1) is 5.41 Å². The molecule has 0 aliphatic heterocycles. The number of nitrogens with two attached hydrogens (primary N) is 1. The van der Waals surface area contributed by atoms with Crippen molar-refractivity contribution in [2.45, 2.75) is 6.92 Å². The fraction of sp³-hybridized carbons (Fsp3) is 0.143. The molecule has 0 atom stereocenters. The number of rotatable bonds is 6. The van der Waals surface area contributed by atoms with Gasteiger partial charge in [-0.1, -0.05) is 0 Å². The highest BCUT2D eigenvalue weighted by Gasteiger charge is 2.27. The lowest BCUT2D eigenvalue weighted by Crippen LogP contribution is -2.29. The number of pyridine rings is 2. The van der Waals surface area contributed by atoms with Gasteiger partial charge in [0.05, 0.1) is 42.3 Å². The number of nitrogens with zero attached hydrogens (tertiary/aromatic N) is 2. The van der Waals surface area contributed by atoms with Gasteiger partial charge in [-0.25, -0.2) is 9.78 Å². The normalized spacial score (nSPS) is 10.9. The molecule has 5 N–H and O–H groups in total. The second-order valence-corrected chi connectivity index (χ2v) is 6.62. The minimum absolute atomic E-state index is 0.0651. The van der Waals surface area contributed by atoms with E-state index < -0.39 is 11.5 Å². The van der Waals surface area contributed by atoms with Crippen molar-refractivity contribution in [1.82, 2.24) is 14.4 Å². The number of anilines is 2. The second-order valence-electron chi connectivity index (χ2n) is 6.62. The Morgan fingerprint density at radius 2 is 2.13 bits per heavy atom. The Morgan fingerprint density at radius 1 is 1.32 bits per heavy atom. The fourth-order valence-electron chi connectivity index (χ4n) is 3.47. The molecule has 0 saturated heterocycles. The van der Waals surface area contributed by atoms with E-state index in [0.717, 1.165) is 5.52 Å². The third-order valence-electron chi connectivity index (χ3n) is 4.79.